The fraction of sp³-hybridized carbons (Fsp3) is 0.385. The Morgan fingerprint density at radius 1 is 1.32 bits per heavy atom. The quantitative estimate of drug-likeness (QED) is 0.906. The SMILES string of the molecule is Cc1cc(S(=O)(=O)NCC(C)(C)C#N)ccc1C#N. The van der Waals surface area contributed by atoms with Crippen LogP contribution in [0.5, 0.6) is 0 Å². The van der Waals surface area contributed by atoms with Gasteiger partial charge in [0.15, 0.2) is 0 Å². The van der Waals surface area contributed by atoms with Gasteiger partial charge in [0.1, 0.15) is 0 Å². The molecular weight excluding hydrogens is 262 g/mol. The van der Waals surface area contributed by atoms with Gasteiger partial charge in [0.2, 0.25) is 10.0 Å². The van der Waals surface area contributed by atoms with E-state index in [9.17, 15) is 8.42 Å². The molecule has 0 heterocycles. The van der Waals surface area contributed by atoms with Gasteiger partial charge in [0, 0.05) is 6.54 Å². The average molecular weight is 277 g/mol. The Labute approximate surface area is 113 Å². The predicted molar refractivity (Wildman–Crippen MR) is 70.5 cm³/mol. The van der Waals surface area contributed by atoms with Crippen molar-refractivity contribution >= 4 is 10.0 Å². The number of nitriles is 2. The first kappa shape index (κ1) is 15.2. The van der Waals surface area contributed by atoms with Crippen LogP contribution in [0.2, 0.25) is 0 Å². The average Bonchev–Trinajstić information content (AvgIpc) is 2.36. The summed E-state index contributed by atoms with van der Waals surface area (Å²) >= 11 is 0. The van der Waals surface area contributed by atoms with Crippen LogP contribution >= 0.6 is 0 Å². The van der Waals surface area contributed by atoms with Crippen molar-refractivity contribution in [1.29, 1.82) is 10.5 Å². The second-order valence-electron chi connectivity index (χ2n) is 4.91. The summed E-state index contributed by atoms with van der Waals surface area (Å²) in [6.07, 6.45) is 0. The van der Waals surface area contributed by atoms with Crippen LogP contribution in [0.15, 0.2) is 23.1 Å². The van der Waals surface area contributed by atoms with Gasteiger partial charge in [-0.05, 0) is 44.5 Å². The molecule has 0 radical (unpaired) electrons. The summed E-state index contributed by atoms with van der Waals surface area (Å²) in [6.45, 7) is 5.01. The normalized spacial score (nSPS) is 11.6. The van der Waals surface area contributed by atoms with Gasteiger partial charge in [-0.15, -0.1) is 0 Å². The second-order valence-corrected chi connectivity index (χ2v) is 6.68. The van der Waals surface area contributed by atoms with E-state index in [4.69, 9.17) is 10.5 Å². The van der Waals surface area contributed by atoms with E-state index in [1.165, 1.54) is 18.2 Å². The van der Waals surface area contributed by atoms with E-state index in [0.29, 0.717) is 11.1 Å². The third-order valence-electron chi connectivity index (χ3n) is 2.64. The molecule has 0 aliphatic carbocycles. The van der Waals surface area contributed by atoms with Crippen LogP contribution in [0.25, 0.3) is 0 Å². The van der Waals surface area contributed by atoms with Gasteiger partial charge >= 0.3 is 0 Å². The molecule has 1 rings (SSSR count). The van der Waals surface area contributed by atoms with Crippen molar-refractivity contribution in [1.82, 2.24) is 4.72 Å². The van der Waals surface area contributed by atoms with Crippen molar-refractivity contribution in [3.8, 4) is 12.1 Å². The molecule has 100 valence electrons. The monoisotopic (exact) mass is 277 g/mol. The third kappa shape index (κ3) is 3.78. The molecule has 5 nitrogen and oxygen atoms in total. The van der Waals surface area contributed by atoms with Crippen molar-refractivity contribution in [3.05, 3.63) is 29.3 Å². The smallest absolute Gasteiger partial charge is 0.210 e. The molecule has 1 aromatic rings. The van der Waals surface area contributed by atoms with Gasteiger partial charge in [0.05, 0.1) is 28.0 Å². The minimum atomic E-state index is -3.66. The van der Waals surface area contributed by atoms with E-state index in [0.717, 1.165) is 0 Å². The lowest BCUT2D eigenvalue weighted by Gasteiger charge is -2.16. The molecule has 0 spiro atoms. The number of nitrogens with zero attached hydrogens (tertiary/aromatic N) is 2. The number of nitrogens with one attached hydrogen (secondary N) is 1. The lowest BCUT2D eigenvalue weighted by Crippen LogP contribution is -2.33. The van der Waals surface area contributed by atoms with Gasteiger partial charge < -0.3 is 0 Å². The highest BCUT2D eigenvalue weighted by Crippen LogP contribution is 2.17. The van der Waals surface area contributed by atoms with Crippen molar-refractivity contribution in [3.63, 3.8) is 0 Å². The molecule has 0 amide bonds. The molecule has 0 saturated carbocycles. The molecule has 0 atom stereocenters. The van der Waals surface area contributed by atoms with E-state index < -0.39 is 15.4 Å². The Hall–Kier alpha value is -1.89. The van der Waals surface area contributed by atoms with E-state index in [1.54, 1.807) is 20.8 Å². The Kier molecular flexibility index (Phi) is 4.31. The lowest BCUT2D eigenvalue weighted by molar-refractivity contribution is 0.479. The number of hydrogen-bond acceptors (Lipinski definition) is 4. The number of aryl methyl sites for hydroxylation is 1. The van der Waals surface area contributed by atoms with Crippen LogP contribution in [-0.2, 0) is 10.0 Å². The minimum absolute atomic E-state index is 0.0326. The Balaban J connectivity index is 3.00. The molecule has 0 aromatic heterocycles. The summed E-state index contributed by atoms with van der Waals surface area (Å²) in [5.74, 6) is 0. The summed E-state index contributed by atoms with van der Waals surface area (Å²) in [5.41, 5.74) is 0.274. The van der Waals surface area contributed by atoms with Crippen LogP contribution in [0, 0.1) is 35.0 Å². The Bertz CT molecular complexity index is 664. The highest BCUT2D eigenvalue weighted by atomic mass is 32.2. The molecule has 0 bridgehead atoms. The molecule has 0 aliphatic heterocycles. The first-order chi connectivity index (χ1) is 8.72. The number of sulfonamides is 1. The van der Waals surface area contributed by atoms with Gasteiger partial charge in [0.25, 0.3) is 0 Å². The van der Waals surface area contributed by atoms with E-state index in [-0.39, 0.29) is 11.4 Å². The van der Waals surface area contributed by atoms with Gasteiger partial charge in [-0.1, -0.05) is 0 Å². The standard InChI is InChI=1S/C13H15N3O2S/c1-10-6-12(5-4-11(10)7-14)19(17,18)16-9-13(2,3)8-15/h4-6,16H,9H2,1-3H3. The van der Waals surface area contributed by atoms with Crippen LogP contribution in [0.1, 0.15) is 25.0 Å². The number of hydrogen-bond donors (Lipinski definition) is 1. The van der Waals surface area contributed by atoms with Gasteiger partial charge in [-0.3, -0.25) is 0 Å². The molecule has 0 unspecified atom stereocenters. The van der Waals surface area contributed by atoms with Crippen molar-refractivity contribution in [2.45, 2.75) is 25.7 Å². The second kappa shape index (κ2) is 5.40. The number of rotatable bonds is 4. The minimum Gasteiger partial charge on any atom is -0.210 e. The maximum atomic E-state index is 12.0. The summed E-state index contributed by atoms with van der Waals surface area (Å²) in [6, 6.07) is 8.30. The van der Waals surface area contributed by atoms with Gasteiger partial charge in [-0.25, -0.2) is 13.1 Å². The van der Waals surface area contributed by atoms with Crippen molar-refractivity contribution in [2.75, 3.05) is 6.54 Å². The summed E-state index contributed by atoms with van der Waals surface area (Å²) < 4.78 is 26.5. The third-order valence-corrected chi connectivity index (χ3v) is 4.03. The highest BCUT2D eigenvalue weighted by molar-refractivity contribution is 7.89. The maximum Gasteiger partial charge on any atom is 0.240 e. The molecule has 0 saturated heterocycles. The fourth-order valence-electron chi connectivity index (χ4n) is 1.33. The first-order valence-electron chi connectivity index (χ1n) is 5.63. The van der Waals surface area contributed by atoms with Crippen molar-refractivity contribution < 1.29 is 8.42 Å². The molecular formula is C13H15N3O2S. The van der Waals surface area contributed by atoms with Gasteiger partial charge in [-0.2, -0.15) is 10.5 Å². The zero-order chi connectivity index (χ0) is 14.7. The summed E-state index contributed by atoms with van der Waals surface area (Å²) in [4.78, 5) is 0.0951. The molecule has 6 heteroatoms. The first-order valence-corrected chi connectivity index (χ1v) is 7.12. The van der Waals surface area contributed by atoms with Crippen molar-refractivity contribution in [2.24, 2.45) is 5.41 Å². The Morgan fingerprint density at radius 2 is 1.95 bits per heavy atom. The van der Waals surface area contributed by atoms with Crippen LogP contribution in [-0.4, -0.2) is 15.0 Å². The molecule has 0 fully saturated rings. The predicted octanol–water partition coefficient (Wildman–Crippen LogP) is 1.69. The van der Waals surface area contributed by atoms with Crippen LogP contribution < -0.4 is 4.72 Å². The highest BCUT2D eigenvalue weighted by Gasteiger charge is 2.22. The van der Waals surface area contributed by atoms with Crippen LogP contribution in [0.4, 0.5) is 0 Å². The van der Waals surface area contributed by atoms with Crippen LogP contribution in [0.3, 0.4) is 0 Å². The van der Waals surface area contributed by atoms with E-state index >= 15 is 0 Å². The van der Waals surface area contributed by atoms with E-state index in [2.05, 4.69) is 4.72 Å². The van der Waals surface area contributed by atoms with E-state index in [1.807, 2.05) is 12.1 Å². The molecule has 1 aromatic carbocycles. The molecule has 0 aliphatic rings. The topological polar surface area (TPSA) is 93.8 Å². The summed E-state index contributed by atoms with van der Waals surface area (Å²) in [7, 11) is -3.66. The maximum absolute atomic E-state index is 12.0. The summed E-state index contributed by atoms with van der Waals surface area (Å²) in [5, 5.41) is 17.7. The fourth-order valence-corrected chi connectivity index (χ4v) is 2.62. The number of benzene rings is 1. The lowest BCUT2D eigenvalue weighted by atomic mass is 9.97. The molecule has 19 heavy (non-hydrogen) atoms. The molecule has 1 N–H and O–H groups in total. The largest absolute Gasteiger partial charge is 0.240 e. The zero-order valence-corrected chi connectivity index (χ0v) is 11.9. The Morgan fingerprint density at radius 3 is 2.42 bits per heavy atom. The zero-order valence-electron chi connectivity index (χ0n) is 11.1.